The molecule has 5 nitrogen and oxygen atoms in total. The number of nitrogens with one attached hydrogen (secondary N) is 1. The number of rotatable bonds is 6. The third-order valence-electron chi connectivity index (χ3n) is 3.49. The molecule has 0 aliphatic carbocycles. The molecule has 1 heterocycles. The average molecular weight is 320 g/mol. The van der Waals surface area contributed by atoms with Crippen LogP contribution in [0.5, 0.6) is 5.75 Å². The summed E-state index contributed by atoms with van der Waals surface area (Å²) in [7, 11) is 3.27. The molecule has 1 aromatic heterocycles. The van der Waals surface area contributed by atoms with Gasteiger partial charge in [0.15, 0.2) is 0 Å². The highest BCUT2D eigenvalue weighted by Gasteiger charge is 2.20. The van der Waals surface area contributed by atoms with Gasteiger partial charge in [-0.2, -0.15) is 11.3 Å². The van der Waals surface area contributed by atoms with Crippen LogP contribution in [-0.2, 0) is 6.54 Å². The molecule has 22 heavy (non-hydrogen) atoms. The minimum absolute atomic E-state index is 0.144. The molecular weight excluding hydrogens is 300 g/mol. The lowest BCUT2D eigenvalue weighted by Gasteiger charge is -2.27. The molecule has 118 valence electrons. The predicted molar refractivity (Wildman–Crippen MR) is 87.1 cm³/mol. The highest BCUT2D eigenvalue weighted by Crippen LogP contribution is 2.22. The largest absolute Gasteiger partial charge is 0.497 e. The molecule has 0 aliphatic rings. The van der Waals surface area contributed by atoms with Crippen molar-refractivity contribution in [2.24, 2.45) is 0 Å². The number of methoxy groups -OCH3 is 1. The number of urea groups is 1. The van der Waals surface area contributed by atoms with Crippen LogP contribution < -0.4 is 10.1 Å². The lowest BCUT2D eigenvalue weighted by molar-refractivity contribution is 0.149. The number of hydrogen-bond donors (Lipinski definition) is 2. The van der Waals surface area contributed by atoms with Crippen LogP contribution in [0.4, 0.5) is 4.79 Å². The first-order valence-corrected chi connectivity index (χ1v) is 7.86. The topological polar surface area (TPSA) is 61.8 Å². The van der Waals surface area contributed by atoms with E-state index in [1.165, 1.54) is 4.90 Å². The van der Waals surface area contributed by atoms with Crippen LogP contribution in [0.3, 0.4) is 0 Å². The maximum absolute atomic E-state index is 12.2. The summed E-state index contributed by atoms with van der Waals surface area (Å²) in [6.07, 6.45) is 0. The molecule has 0 saturated heterocycles. The zero-order chi connectivity index (χ0) is 15.9. The fraction of sp³-hybridized carbons (Fsp3) is 0.312. The van der Waals surface area contributed by atoms with Crippen molar-refractivity contribution in [2.75, 3.05) is 20.8 Å². The second-order valence-electron chi connectivity index (χ2n) is 4.87. The molecule has 1 aromatic carbocycles. The summed E-state index contributed by atoms with van der Waals surface area (Å²) >= 11 is 1.59. The molecule has 2 N–H and O–H groups in total. The van der Waals surface area contributed by atoms with E-state index in [2.05, 4.69) is 5.32 Å². The Labute approximate surface area is 134 Å². The van der Waals surface area contributed by atoms with E-state index < -0.39 is 6.04 Å². The Morgan fingerprint density at radius 3 is 2.64 bits per heavy atom. The van der Waals surface area contributed by atoms with Gasteiger partial charge in [0.2, 0.25) is 0 Å². The normalized spacial score (nSPS) is 11.8. The molecule has 0 aliphatic heterocycles. The third-order valence-corrected chi connectivity index (χ3v) is 4.22. The Morgan fingerprint density at radius 1 is 1.36 bits per heavy atom. The Hall–Kier alpha value is -2.05. The van der Waals surface area contributed by atoms with Crippen LogP contribution in [0.15, 0.2) is 41.1 Å². The molecule has 0 radical (unpaired) electrons. The number of carbonyl (C=O) groups is 1. The van der Waals surface area contributed by atoms with Crippen LogP contribution in [0, 0.1) is 0 Å². The summed E-state index contributed by atoms with van der Waals surface area (Å²) in [5.74, 6) is 0.741. The zero-order valence-electron chi connectivity index (χ0n) is 12.7. The summed E-state index contributed by atoms with van der Waals surface area (Å²) in [5.41, 5.74) is 1.92. The number of ether oxygens (including phenoxy) is 1. The van der Waals surface area contributed by atoms with Crippen LogP contribution in [0.25, 0.3) is 0 Å². The van der Waals surface area contributed by atoms with Crippen LogP contribution in [0.1, 0.15) is 17.2 Å². The molecule has 2 aromatic rings. The zero-order valence-corrected chi connectivity index (χ0v) is 13.5. The average Bonchev–Trinajstić information content (AvgIpc) is 3.07. The van der Waals surface area contributed by atoms with Crippen LogP contribution >= 0.6 is 11.3 Å². The summed E-state index contributed by atoms with van der Waals surface area (Å²) in [6, 6.07) is 8.68. The minimum atomic E-state index is -0.395. The quantitative estimate of drug-likeness (QED) is 0.860. The maximum atomic E-state index is 12.2. The van der Waals surface area contributed by atoms with Gasteiger partial charge >= 0.3 is 6.03 Å². The maximum Gasteiger partial charge on any atom is 0.318 e. The number of aliphatic hydroxyl groups is 1. The van der Waals surface area contributed by atoms with E-state index in [1.807, 2.05) is 41.1 Å². The van der Waals surface area contributed by atoms with Crippen molar-refractivity contribution in [1.29, 1.82) is 0 Å². The highest BCUT2D eigenvalue weighted by atomic mass is 32.1. The Balaban J connectivity index is 2.00. The van der Waals surface area contributed by atoms with Crippen molar-refractivity contribution >= 4 is 17.4 Å². The van der Waals surface area contributed by atoms with Crippen LogP contribution in [-0.4, -0.2) is 36.8 Å². The second kappa shape index (κ2) is 7.82. The van der Waals surface area contributed by atoms with E-state index in [0.29, 0.717) is 6.54 Å². The van der Waals surface area contributed by atoms with Gasteiger partial charge in [0, 0.05) is 13.6 Å². The van der Waals surface area contributed by atoms with Gasteiger partial charge in [0.1, 0.15) is 5.75 Å². The van der Waals surface area contributed by atoms with Crippen LogP contribution in [0.2, 0.25) is 0 Å². The van der Waals surface area contributed by atoms with Gasteiger partial charge in [0.05, 0.1) is 19.8 Å². The van der Waals surface area contributed by atoms with Gasteiger partial charge in [-0.1, -0.05) is 12.1 Å². The lowest BCUT2D eigenvalue weighted by atomic mass is 10.1. The summed E-state index contributed by atoms with van der Waals surface area (Å²) in [5, 5.41) is 16.4. The Bertz CT molecular complexity index is 584. The molecule has 0 spiro atoms. The summed E-state index contributed by atoms with van der Waals surface area (Å²) < 4.78 is 5.12. The van der Waals surface area contributed by atoms with Crippen molar-refractivity contribution in [3.8, 4) is 5.75 Å². The van der Waals surface area contributed by atoms with E-state index in [9.17, 15) is 9.90 Å². The Morgan fingerprint density at radius 2 is 2.09 bits per heavy atom. The number of thiophene rings is 1. The molecule has 1 unspecified atom stereocenters. The molecule has 2 rings (SSSR count). The van der Waals surface area contributed by atoms with E-state index in [-0.39, 0.29) is 12.6 Å². The molecule has 0 saturated carbocycles. The number of aliphatic hydroxyl groups excluding tert-OH is 1. The van der Waals surface area contributed by atoms with Crippen molar-refractivity contribution in [3.63, 3.8) is 0 Å². The third kappa shape index (κ3) is 3.99. The number of carbonyl (C=O) groups excluding carboxylic acids is 1. The van der Waals surface area contributed by atoms with Crippen molar-refractivity contribution in [2.45, 2.75) is 12.6 Å². The molecule has 2 amide bonds. The highest BCUT2D eigenvalue weighted by molar-refractivity contribution is 7.07. The molecule has 0 bridgehead atoms. The van der Waals surface area contributed by atoms with E-state index in [1.54, 1.807) is 25.5 Å². The Kier molecular flexibility index (Phi) is 5.80. The molecular formula is C16H20N2O3S. The molecule has 1 atom stereocenters. The van der Waals surface area contributed by atoms with Crippen molar-refractivity contribution < 1.29 is 14.6 Å². The number of hydrogen-bond acceptors (Lipinski definition) is 4. The SMILES string of the molecule is COc1ccc(C(CO)N(C)C(=O)NCc2ccsc2)cc1. The van der Waals surface area contributed by atoms with Gasteiger partial charge in [-0.15, -0.1) is 0 Å². The first kappa shape index (κ1) is 16.3. The second-order valence-corrected chi connectivity index (χ2v) is 5.65. The molecule has 6 heteroatoms. The summed E-state index contributed by atoms with van der Waals surface area (Å²) in [4.78, 5) is 13.7. The standard InChI is InChI=1S/C16H20N2O3S/c1-18(16(20)17-9-12-7-8-22-11-12)15(10-19)13-3-5-14(21-2)6-4-13/h3-8,11,15,19H,9-10H2,1-2H3,(H,17,20). The number of benzene rings is 1. The van der Waals surface area contributed by atoms with E-state index in [4.69, 9.17) is 4.74 Å². The van der Waals surface area contributed by atoms with Gasteiger partial charge in [0.25, 0.3) is 0 Å². The lowest BCUT2D eigenvalue weighted by Crippen LogP contribution is -2.40. The smallest absolute Gasteiger partial charge is 0.318 e. The predicted octanol–water partition coefficient (Wildman–Crippen LogP) is 2.63. The first-order chi connectivity index (χ1) is 10.7. The van der Waals surface area contributed by atoms with Gasteiger partial charge in [-0.3, -0.25) is 0 Å². The number of likely N-dealkylation sites (N-methyl/N-ethyl adjacent to an activating group) is 1. The monoisotopic (exact) mass is 320 g/mol. The fourth-order valence-corrected chi connectivity index (χ4v) is 2.78. The first-order valence-electron chi connectivity index (χ1n) is 6.92. The van der Waals surface area contributed by atoms with Gasteiger partial charge in [-0.05, 0) is 40.1 Å². The minimum Gasteiger partial charge on any atom is -0.497 e. The van der Waals surface area contributed by atoms with Crippen molar-refractivity contribution in [3.05, 3.63) is 52.2 Å². The van der Waals surface area contributed by atoms with Gasteiger partial charge < -0.3 is 20.1 Å². The van der Waals surface area contributed by atoms with E-state index >= 15 is 0 Å². The fourth-order valence-electron chi connectivity index (χ4n) is 2.11. The van der Waals surface area contributed by atoms with E-state index in [0.717, 1.165) is 16.9 Å². The number of amides is 2. The molecule has 0 fully saturated rings. The van der Waals surface area contributed by atoms with Gasteiger partial charge in [-0.25, -0.2) is 4.79 Å². The van der Waals surface area contributed by atoms with Crippen molar-refractivity contribution in [1.82, 2.24) is 10.2 Å². The number of nitrogens with zero attached hydrogens (tertiary/aromatic N) is 1. The summed E-state index contributed by atoms with van der Waals surface area (Å²) in [6.45, 7) is 0.335.